The lowest BCUT2D eigenvalue weighted by Gasteiger charge is -2.33. The molecule has 144 valence electrons. The van der Waals surface area contributed by atoms with Gasteiger partial charge in [0, 0.05) is 39.6 Å². The lowest BCUT2D eigenvalue weighted by molar-refractivity contribution is -0.127. The number of piperidine rings is 1. The molecular formula is C21H28N4O2. The third-order valence-electron chi connectivity index (χ3n) is 5.25. The fourth-order valence-electron chi connectivity index (χ4n) is 3.61. The first-order valence-corrected chi connectivity index (χ1v) is 9.45. The number of amides is 3. The maximum Gasteiger partial charge on any atom is 0.319 e. The molecule has 2 aromatic rings. The number of carbonyl (C=O) groups is 2. The summed E-state index contributed by atoms with van der Waals surface area (Å²) >= 11 is 0. The fourth-order valence-corrected chi connectivity index (χ4v) is 3.61. The van der Waals surface area contributed by atoms with E-state index in [1.807, 2.05) is 18.2 Å². The van der Waals surface area contributed by atoms with Gasteiger partial charge in [0.15, 0.2) is 0 Å². The van der Waals surface area contributed by atoms with Gasteiger partial charge in [-0.3, -0.25) is 4.79 Å². The van der Waals surface area contributed by atoms with E-state index in [1.165, 1.54) is 5.39 Å². The minimum absolute atomic E-state index is 0.00450. The summed E-state index contributed by atoms with van der Waals surface area (Å²) in [6.07, 6.45) is 1.36. The Morgan fingerprint density at radius 2 is 1.81 bits per heavy atom. The van der Waals surface area contributed by atoms with Crippen LogP contribution in [-0.4, -0.2) is 55.5 Å². The molecule has 0 saturated carbocycles. The minimum Gasteiger partial charge on any atom is -0.348 e. The van der Waals surface area contributed by atoms with Crippen molar-refractivity contribution >= 4 is 22.7 Å². The fraction of sp³-hybridized carbons (Fsp3) is 0.429. The molecule has 0 aliphatic carbocycles. The van der Waals surface area contributed by atoms with Crippen LogP contribution in [0.1, 0.15) is 24.4 Å². The van der Waals surface area contributed by atoms with Crippen LogP contribution >= 0.6 is 0 Å². The molecule has 1 saturated heterocycles. The van der Waals surface area contributed by atoms with Crippen molar-refractivity contribution in [1.29, 1.82) is 0 Å². The molecule has 1 heterocycles. The van der Waals surface area contributed by atoms with Crippen LogP contribution in [0.15, 0.2) is 42.5 Å². The van der Waals surface area contributed by atoms with Gasteiger partial charge in [-0.1, -0.05) is 36.4 Å². The Kier molecular flexibility index (Phi) is 5.96. The van der Waals surface area contributed by atoms with E-state index in [-0.39, 0.29) is 23.9 Å². The van der Waals surface area contributed by atoms with Gasteiger partial charge in [0.25, 0.3) is 0 Å². The molecule has 27 heavy (non-hydrogen) atoms. The SMILES string of the molecule is CN(C)C(=O)N1CCC(C(=O)NC(CN)c2ccc3ccccc3c2)CC1. The van der Waals surface area contributed by atoms with Crippen LogP contribution in [0.3, 0.4) is 0 Å². The first kappa shape index (κ1) is 19.2. The standard InChI is InChI=1S/C21H28N4O2/c1-24(2)21(27)25-11-9-16(10-12-25)20(26)23-19(14-22)18-8-7-15-5-3-4-6-17(15)13-18/h3-8,13,16,19H,9-12,14,22H2,1-2H3,(H,23,26). The van der Waals surface area contributed by atoms with Crippen molar-refractivity contribution in [2.24, 2.45) is 11.7 Å². The number of nitrogens with one attached hydrogen (secondary N) is 1. The molecule has 1 atom stereocenters. The molecule has 0 bridgehead atoms. The Bertz CT molecular complexity index is 813. The second-order valence-electron chi connectivity index (χ2n) is 7.34. The van der Waals surface area contributed by atoms with Gasteiger partial charge < -0.3 is 20.9 Å². The summed E-state index contributed by atoms with van der Waals surface area (Å²) in [4.78, 5) is 28.1. The highest BCUT2D eigenvalue weighted by Crippen LogP contribution is 2.22. The van der Waals surface area contributed by atoms with Crippen molar-refractivity contribution in [2.45, 2.75) is 18.9 Å². The van der Waals surface area contributed by atoms with Gasteiger partial charge in [-0.2, -0.15) is 0 Å². The monoisotopic (exact) mass is 368 g/mol. The third kappa shape index (κ3) is 4.39. The molecule has 6 nitrogen and oxygen atoms in total. The van der Waals surface area contributed by atoms with E-state index in [0.29, 0.717) is 32.5 Å². The number of hydrogen-bond acceptors (Lipinski definition) is 3. The van der Waals surface area contributed by atoms with E-state index in [0.717, 1.165) is 10.9 Å². The molecule has 0 spiro atoms. The highest BCUT2D eigenvalue weighted by Gasteiger charge is 2.29. The summed E-state index contributed by atoms with van der Waals surface area (Å²) in [7, 11) is 3.49. The predicted octanol–water partition coefficient (Wildman–Crippen LogP) is 2.35. The van der Waals surface area contributed by atoms with Crippen molar-refractivity contribution in [3.63, 3.8) is 0 Å². The Morgan fingerprint density at radius 3 is 2.44 bits per heavy atom. The minimum atomic E-state index is -0.205. The van der Waals surface area contributed by atoms with Crippen molar-refractivity contribution in [1.82, 2.24) is 15.1 Å². The topological polar surface area (TPSA) is 78.7 Å². The molecule has 0 radical (unpaired) electrons. The van der Waals surface area contributed by atoms with Crippen molar-refractivity contribution in [3.05, 3.63) is 48.0 Å². The van der Waals surface area contributed by atoms with Crippen LogP contribution in [0.2, 0.25) is 0 Å². The average molecular weight is 368 g/mol. The van der Waals surface area contributed by atoms with Gasteiger partial charge in [0.2, 0.25) is 5.91 Å². The smallest absolute Gasteiger partial charge is 0.319 e. The normalized spacial score (nSPS) is 16.2. The molecule has 3 N–H and O–H groups in total. The summed E-state index contributed by atoms with van der Waals surface area (Å²) in [6, 6.07) is 14.1. The van der Waals surface area contributed by atoms with Crippen molar-refractivity contribution in [2.75, 3.05) is 33.7 Å². The number of benzene rings is 2. The summed E-state index contributed by atoms with van der Waals surface area (Å²) in [5.41, 5.74) is 6.97. The van der Waals surface area contributed by atoms with Crippen LogP contribution in [0.25, 0.3) is 10.8 Å². The number of carbonyl (C=O) groups excluding carboxylic acids is 2. The molecule has 3 rings (SSSR count). The van der Waals surface area contributed by atoms with Crippen LogP contribution in [0, 0.1) is 5.92 Å². The van der Waals surface area contributed by atoms with Crippen LogP contribution in [0.4, 0.5) is 4.79 Å². The van der Waals surface area contributed by atoms with Gasteiger partial charge in [0.1, 0.15) is 0 Å². The Labute approximate surface area is 160 Å². The van der Waals surface area contributed by atoms with Gasteiger partial charge in [-0.05, 0) is 35.2 Å². The van der Waals surface area contributed by atoms with Crippen LogP contribution in [-0.2, 0) is 4.79 Å². The maximum atomic E-state index is 12.7. The lowest BCUT2D eigenvalue weighted by Crippen LogP contribution is -2.47. The number of urea groups is 1. The molecule has 1 fully saturated rings. The Balaban J connectivity index is 1.62. The number of rotatable bonds is 4. The van der Waals surface area contributed by atoms with Crippen LogP contribution in [0.5, 0.6) is 0 Å². The average Bonchev–Trinajstić information content (AvgIpc) is 2.71. The van der Waals surface area contributed by atoms with E-state index in [4.69, 9.17) is 5.73 Å². The zero-order valence-electron chi connectivity index (χ0n) is 16.0. The molecule has 2 aromatic carbocycles. The Hall–Kier alpha value is -2.60. The number of hydrogen-bond donors (Lipinski definition) is 2. The zero-order valence-corrected chi connectivity index (χ0v) is 16.0. The van der Waals surface area contributed by atoms with Crippen molar-refractivity contribution in [3.8, 4) is 0 Å². The quantitative estimate of drug-likeness (QED) is 0.869. The van der Waals surface area contributed by atoms with Gasteiger partial charge in [-0.15, -0.1) is 0 Å². The van der Waals surface area contributed by atoms with E-state index in [9.17, 15) is 9.59 Å². The first-order valence-electron chi connectivity index (χ1n) is 9.45. The predicted molar refractivity (Wildman–Crippen MR) is 107 cm³/mol. The van der Waals surface area contributed by atoms with E-state index in [2.05, 4.69) is 29.6 Å². The number of fused-ring (bicyclic) bond motifs is 1. The number of nitrogens with two attached hydrogens (primary N) is 1. The summed E-state index contributed by atoms with van der Waals surface area (Å²) in [5, 5.41) is 5.41. The summed E-state index contributed by atoms with van der Waals surface area (Å²) in [6.45, 7) is 1.57. The van der Waals surface area contributed by atoms with Crippen LogP contribution < -0.4 is 11.1 Å². The van der Waals surface area contributed by atoms with Gasteiger partial charge >= 0.3 is 6.03 Å². The second-order valence-corrected chi connectivity index (χ2v) is 7.34. The molecule has 1 aliphatic rings. The summed E-state index contributed by atoms with van der Waals surface area (Å²) in [5.74, 6) is -0.0544. The number of likely N-dealkylation sites (tertiary alicyclic amines) is 1. The summed E-state index contributed by atoms with van der Waals surface area (Å²) < 4.78 is 0. The first-order chi connectivity index (χ1) is 13.0. The highest BCUT2D eigenvalue weighted by molar-refractivity contribution is 5.84. The van der Waals surface area contributed by atoms with Gasteiger partial charge in [0.05, 0.1) is 6.04 Å². The molecule has 6 heteroatoms. The highest BCUT2D eigenvalue weighted by atomic mass is 16.2. The van der Waals surface area contributed by atoms with E-state index >= 15 is 0 Å². The molecule has 3 amide bonds. The maximum absolute atomic E-state index is 12.7. The largest absolute Gasteiger partial charge is 0.348 e. The van der Waals surface area contributed by atoms with Crippen molar-refractivity contribution < 1.29 is 9.59 Å². The van der Waals surface area contributed by atoms with Gasteiger partial charge in [-0.25, -0.2) is 4.79 Å². The molecule has 1 unspecified atom stereocenters. The lowest BCUT2D eigenvalue weighted by atomic mass is 9.95. The molecule has 0 aromatic heterocycles. The van der Waals surface area contributed by atoms with E-state index in [1.54, 1.807) is 23.9 Å². The number of nitrogens with zero attached hydrogens (tertiary/aromatic N) is 2. The van der Waals surface area contributed by atoms with E-state index < -0.39 is 0 Å². The zero-order chi connectivity index (χ0) is 19.4. The Morgan fingerprint density at radius 1 is 1.15 bits per heavy atom. The molecule has 1 aliphatic heterocycles. The molecular weight excluding hydrogens is 340 g/mol. The second kappa shape index (κ2) is 8.39. The third-order valence-corrected chi connectivity index (χ3v) is 5.25.